The third-order valence-corrected chi connectivity index (χ3v) is 4.16. The van der Waals surface area contributed by atoms with Crippen LogP contribution in [0.25, 0.3) is 0 Å². The molecule has 0 amide bonds. The first kappa shape index (κ1) is 8.66. The summed E-state index contributed by atoms with van der Waals surface area (Å²) in [5, 5.41) is 0. The number of methoxy groups -OCH3 is 1. The summed E-state index contributed by atoms with van der Waals surface area (Å²) in [5.41, 5.74) is -0.401. The van der Waals surface area contributed by atoms with Gasteiger partial charge in [-0.15, -0.1) is 0 Å². The summed E-state index contributed by atoms with van der Waals surface area (Å²) in [6.07, 6.45) is 8.89. The van der Waals surface area contributed by atoms with Gasteiger partial charge in [0.25, 0.3) is 0 Å². The van der Waals surface area contributed by atoms with Crippen LogP contribution in [-0.4, -0.2) is 18.5 Å². The van der Waals surface area contributed by atoms with Gasteiger partial charge < -0.3 is 4.74 Å². The SMILES string of the molecule is CO[C@]1(C2CC2)C(=O)[C@H]2CCC=C[C@H]21. The maximum absolute atomic E-state index is 12.1. The smallest absolute Gasteiger partial charge is 0.169 e. The van der Waals surface area contributed by atoms with Gasteiger partial charge in [-0.25, -0.2) is 0 Å². The van der Waals surface area contributed by atoms with Crippen molar-refractivity contribution in [2.75, 3.05) is 7.11 Å². The van der Waals surface area contributed by atoms with Crippen LogP contribution in [0.1, 0.15) is 25.7 Å². The van der Waals surface area contributed by atoms with Crippen molar-refractivity contribution in [2.24, 2.45) is 17.8 Å². The molecule has 2 heteroatoms. The Balaban J connectivity index is 1.94. The van der Waals surface area contributed by atoms with Crippen molar-refractivity contribution in [1.82, 2.24) is 0 Å². The Morgan fingerprint density at radius 2 is 2.21 bits per heavy atom. The average Bonchev–Trinajstić information content (AvgIpc) is 3.03. The molecule has 3 aliphatic carbocycles. The van der Waals surface area contributed by atoms with Gasteiger partial charge in [-0.2, -0.15) is 0 Å². The zero-order valence-corrected chi connectivity index (χ0v) is 8.53. The molecule has 2 nitrogen and oxygen atoms in total. The lowest BCUT2D eigenvalue weighted by molar-refractivity contribution is -0.184. The fraction of sp³-hybridized carbons (Fsp3) is 0.750. The molecule has 3 atom stereocenters. The van der Waals surface area contributed by atoms with E-state index in [0.717, 1.165) is 12.8 Å². The standard InChI is InChI=1S/C12H16O2/c1-14-12(8-6-7-8)10-5-3-2-4-9(10)11(12)13/h3,5,8-10H,2,4,6-7H2,1H3/t9-,10+,12-/m0/s1. The lowest BCUT2D eigenvalue weighted by atomic mass is 9.55. The predicted octanol–water partition coefficient (Wildman–Crippen LogP) is 1.95. The van der Waals surface area contributed by atoms with Crippen molar-refractivity contribution in [3.63, 3.8) is 0 Å². The lowest BCUT2D eigenvalue weighted by Gasteiger charge is -2.53. The largest absolute Gasteiger partial charge is 0.369 e. The van der Waals surface area contributed by atoms with Crippen LogP contribution in [0.2, 0.25) is 0 Å². The predicted molar refractivity (Wildman–Crippen MR) is 52.8 cm³/mol. The molecule has 0 aromatic carbocycles. The topological polar surface area (TPSA) is 26.3 Å². The number of carbonyl (C=O) groups is 1. The Kier molecular flexibility index (Phi) is 1.67. The number of carbonyl (C=O) groups excluding carboxylic acids is 1. The summed E-state index contributed by atoms with van der Waals surface area (Å²) in [7, 11) is 1.70. The van der Waals surface area contributed by atoms with Gasteiger partial charge in [-0.3, -0.25) is 4.79 Å². The summed E-state index contributed by atoms with van der Waals surface area (Å²) < 4.78 is 5.58. The van der Waals surface area contributed by atoms with Crippen molar-refractivity contribution >= 4 is 5.78 Å². The molecule has 0 heterocycles. The Bertz CT molecular complexity index is 303. The van der Waals surface area contributed by atoms with Crippen LogP contribution in [0.15, 0.2) is 12.2 Å². The van der Waals surface area contributed by atoms with Gasteiger partial charge in [-0.05, 0) is 31.6 Å². The van der Waals surface area contributed by atoms with Gasteiger partial charge in [-0.1, -0.05) is 12.2 Å². The molecule has 0 N–H and O–H groups in total. The highest BCUT2D eigenvalue weighted by molar-refractivity contribution is 5.98. The van der Waals surface area contributed by atoms with E-state index < -0.39 is 5.60 Å². The monoisotopic (exact) mass is 192 g/mol. The van der Waals surface area contributed by atoms with Crippen LogP contribution in [0.4, 0.5) is 0 Å². The second kappa shape index (κ2) is 2.69. The molecule has 0 radical (unpaired) electrons. The van der Waals surface area contributed by atoms with Crippen LogP contribution in [0.5, 0.6) is 0 Å². The number of ketones is 1. The molecular weight excluding hydrogens is 176 g/mol. The Morgan fingerprint density at radius 1 is 1.43 bits per heavy atom. The van der Waals surface area contributed by atoms with Crippen LogP contribution < -0.4 is 0 Å². The lowest BCUT2D eigenvalue weighted by Crippen LogP contribution is -2.65. The summed E-state index contributed by atoms with van der Waals surface area (Å²) >= 11 is 0. The fourth-order valence-electron chi connectivity index (χ4n) is 3.31. The van der Waals surface area contributed by atoms with E-state index >= 15 is 0 Å². The summed E-state index contributed by atoms with van der Waals surface area (Å²) in [6, 6.07) is 0. The number of hydrogen-bond donors (Lipinski definition) is 0. The molecule has 3 aliphatic rings. The molecule has 0 unspecified atom stereocenters. The molecule has 76 valence electrons. The highest BCUT2D eigenvalue weighted by Gasteiger charge is 2.67. The summed E-state index contributed by atoms with van der Waals surface area (Å²) in [4.78, 5) is 12.1. The number of Topliss-reactive ketones (excluding diaryl/α,β-unsaturated/α-hetero) is 1. The van der Waals surface area contributed by atoms with E-state index in [1.807, 2.05) is 0 Å². The number of ether oxygens (including phenoxy) is 1. The molecule has 0 aliphatic heterocycles. The molecule has 3 rings (SSSR count). The molecule has 2 fully saturated rings. The fourth-order valence-corrected chi connectivity index (χ4v) is 3.31. The molecule has 2 saturated carbocycles. The second-order valence-corrected chi connectivity index (χ2v) is 4.77. The molecular formula is C12H16O2. The average molecular weight is 192 g/mol. The Morgan fingerprint density at radius 3 is 2.86 bits per heavy atom. The normalized spacial score (nSPS) is 45.9. The minimum atomic E-state index is -0.401. The Labute approximate surface area is 84.3 Å². The quantitative estimate of drug-likeness (QED) is 0.625. The van der Waals surface area contributed by atoms with E-state index in [0.29, 0.717) is 17.6 Å². The summed E-state index contributed by atoms with van der Waals surface area (Å²) in [5.74, 6) is 1.57. The zero-order valence-electron chi connectivity index (χ0n) is 8.53. The first-order chi connectivity index (χ1) is 6.80. The van der Waals surface area contributed by atoms with Crippen molar-refractivity contribution in [1.29, 1.82) is 0 Å². The van der Waals surface area contributed by atoms with Gasteiger partial charge in [0.15, 0.2) is 5.78 Å². The van der Waals surface area contributed by atoms with E-state index in [1.54, 1.807) is 7.11 Å². The van der Waals surface area contributed by atoms with Gasteiger partial charge in [0.1, 0.15) is 5.60 Å². The van der Waals surface area contributed by atoms with Gasteiger partial charge in [0.05, 0.1) is 0 Å². The molecule has 0 bridgehead atoms. The maximum Gasteiger partial charge on any atom is 0.169 e. The van der Waals surface area contributed by atoms with E-state index in [-0.39, 0.29) is 5.92 Å². The number of hydrogen-bond acceptors (Lipinski definition) is 2. The molecule has 0 aromatic rings. The molecule has 0 saturated heterocycles. The minimum Gasteiger partial charge on any atom is -0.369 e. The van der Waals surface area contributed by atoms with E-state index in [2.05, 4.69) is 12.2 Å². The van der Waals surface area contributed by atoms with Gasteiger partial charge in [0.2, 0.25) is 0 Å². The van der Waals surface area contributed by atoms with E-state index in [4.69, 9.17) is 4.74 Å². The molecule has 0 spiro atoms. The summed E-state index contributed by atoms with van der Waals surface area (Å²) in [6.45, 7) is 0. The minimum absolute atomic E-state index is 0.278. The third-order valence-electron chi connectivity index (χ3n) is 4.16. The van der Waals surface area contributed by atoms with Crippen LogP contribution in [0.3, 0.4) is 0 Å². The number of allylic oxidation sites excluding steroid dienone is 1. The Hall–Kier alpha value is -0.630. The first-order valence-corrected chi connectivity index (χ1v) is 5.57. The second-order valence-electron chi connectivity index (χ2n) is 4.77. The first-order valence-electron chi connectivity index (χ1n) is 5.57. The van der Waals surface area contributed by atoms with Crippen LogP contribution in [0, 0.1) is 17.8 Å². The highest BCUT2D eigenvalue weighted by Crippen LogP contribution is 2.58. The highest BCUT2D eigenvalue weighted by atomic mass is 16.5. The number of fused-ring (bicyclic) bond motifs is 1. The van der Waals surface area contributed by atoms with E-state index in [1.165, 1.54) is 12.8 Å². The van der Waals surface area contributed by atoms with E-state index in [9.17, 15) is 4.79 Å². The molecule has 0 aromatic heterocycles. The van der Waals surface area contributed by atoms with Crippen molar-refractivity contribution in [2.45, 2.75) is 31.3 Å². The van der Waals surface area contributed by atoms with Crippen molar-refractivity contribution in [3.05, 3.63) is 12.2 Å². The zero-order chi connectivity index (χ0) is 9.76. The van der Waals surface area contributed by atoms with Crippen molar-refractivity contribution in [3.8, 4) is 0 Å². The maximum atomic E-state index is 12.1. The van der Waals surface area contributed by atoms with Gasteiger partial charge in [0, 0.05) is 18.9 Å². The van der Waals surface area contributed by atoms with Crippen LogP contribution in [-0.2, 0) is 9.53 Å². The molecule has 14 heavy (non-hydrogen) atoms. The van der Waals surface area contributed by atoms with Gasteiger partial charge >= 0.3 is 0 Å². The third kappa shape index (κ3) is 0.830. The van der Waals surface area contributed by atoms with Crippen molar-refractivity contribution < 1.29 is 9.53 Å². The van der Waals surface area contributed by atoms with Crippen LogP contribution >= 0.6 is 0 Å². The number of rotatable bonds is 2.